The minimum absolute atomic E-state index is 0.210. The van der Waals surface area contributed by atoms with Crippen LogP contribution in [0.5, 0.6) is 0 Å². The molecule has 0 heterocycles. The molecule has 3 aromatic carbocycles. The second-order valence-corrected chi connectivity index (χ2v) is 5.62. The molecule has 22 heavy (non-hydrogen) atoms. The van der Waals surface area contributed by atoms with Gasteiger partial charge >= 0.3 is 0 Å². The van der Waals surface area contributed by atoms with Gasteiger partial charge in [-0.2, -0.15) is 0 Å². The molecular formula is C21H21N. The van der Waals surface area contributed by atoms with Crippen molar-refractivity contribution in [2.24, 2.45) is 0 Å². The smallest absolute Gasteiger partial charge is 0.0579 e. The van der Waals surface area contributed by atoms with Gasteiger partial charge in [-0.1, -0.05) is 90.5 Å². The Labute approximate surface area is 132 Å². The van der Waals surface area contributed by atoms with E-state index in [2.05, 4.69) is 97.2 Å². The van der Waals surface area contributed by atoms with E-state index in [9.17, 15) is 0 Å². The van der Waals surface area contributed by atoms with Crippen LogP contribution in [0.3, 0.4) is 0 Å². The molecule has 1 nitrogen and oxygen atoms in total. The van der Waals surface area contributed by atoms with E-state index in [4.69, 9.17) is 0 Å². The molecule has 110 valence electrons. The second-order valence-electron chi connectivity index (χ2n) is 5.62. The Balaban J connectivity index is 1.85. The Kier molecular flexibility index (Phi) is 4.67. The van der Waals surface area contributed by atoms with Crippen LogP contribution in [0.15, 0.2) is 84.9 Å². The zero-order valence-corrected chi connectivity index (χ0v) is 12.9. The van der Waals surface area contributed by atoms with Crippen molar-refractivity contribution < 1.29 is 0 Å². The predicted molar refractivity (Wildman–Crippen MR) is 92.7 cm³/mol. The number of hydrogen-bond acceptors (Lipinski definition) is 1. The maximum absolute atomic E-state index is 3.69. The fraction of sp³-hybridized carbons (Fsp3) is 0.143. The molecule has 1 heteroatoms. The lowest BCUT2D eigenvalue weighted by atomic mass is 9.97. The van der Waals surface area contributed by atoms with Gasteiger partial charge in [-0.05, 0) is 23.6 Å². The van der Waals surface area contributed by atoms with Crippen LogP contribution in [-0.4, -0.2) is 0 Å². The summed E-state index contributed by atoms with van der Waals surface area (Å²) in [5, 5.41) is 3.69. The first-order chi connectivity index (χ1) is 10.8. The second kappa shape index (κ2) is 7.06. The summed E-state index contributed by atoms with van der Waals surface area (Å²) in [6.45, 7) is 2.98. The van der Waals surface area contributed by atoms with Crippen molar-refractivity contribution in [2.75, 3.05) is 0 Å². The van der Waals surface area contributed by atoms with Gasteiger partial charge in [0.05, 0.1) is 6.04 Å². The molecule has 0 saturated heterocycles. The molecule has 0 spiro atoms. The van der Waals surface area contributed by atoms with Crippen LogP contribution in [0.25, 0.3) is 0 Å². The van der Waals surface area contributed by atoms with E-state index in [0.29, 0.717) is 0 Å². The van der Waals surface area contributed by atoms with Gasteiger partial charge < -0.3 is 5.32 Å². The summed E-state index contributed by atoms with van der Waals surface area (Å²) in [7, 11) is 0. The molecule has 0 amide bonds. The third-order valence-electron chi connectivity index (χ3n) is 3.90. The fourth-order valence-corrected chi connectivity index (χ4v) is 2.65. The summed E-state index contributed by atoms with van der Waals surface area (Å²) < 4.78 is 0. The molecule has 0 bridgehead atoms. The highest BCUT2D eigenvalue weighted by molar-refractivity contribution is 5.33. The van der Waals surface area contributed by atoms with Crippen molar-refractivity contribution in [3.63, 3.8) is 0 Å². The van der Waals surface area contributed by atoms with Gasteiger partial charge in [0.1, 0.15) is 0 Å². The molecular weight excluding hydrogens is 266 g/mol. The van der Waals surface area contributed by atoms with Crippen LogP contribution >= 0.6 is 0 Å². The lowest BCUT2D eigenvalue weighted by Crippen LogP contribution is -2.22. The van der Waals surface area contributed by atoms with E-state index >= 15 is 0 Å². The zero-order valence-electron chi connectivity index (χ0n) is 12.9. The summed E-state index contributed by atoms with van der Waals surface area (Å²) >= 11 is 0. The number of nitrogens with one attached hydrogen (secondary N) is 1. The molecule has 0 aromatic heterocycles. The van der Waals surface area contributed by atoms with Gasteiger partial charge in [-0.3, -0.25) is 0 Å². The third kappa shape index (κ3) is 3.63. The Morgan fingerprint density at radius 3 is 1.86 bits per heavy atom. The number of benzene rings is 3. The lowest BCUT2D eigenvalue weighted by Gasteiger charge is -2.20. The maximum Gasteiger partial charge on any atom is 0.0579 e. The standard InChI is InChI=1S/C21H21N/c1-17-12-14-20(15-13-17)21(19-10-6-3-7-11-19)22-16-18-8-4-2-5-9-18/h2-15,21-22H,16H2,1H3. The molecule has 0 aliphatic heterocycles. The Morgan fingerprint density at radius 2 is 1.23 bits per heavy atom. The quantitative estimate of drug-likeness (QED) is 0.705. The number of rotatable bonds is 5. The Hall–Kier alpha value is -2.38. The van der Waals surface area contributed by atoms with Gasteiger partial charge in [0.15, 0.2) is 0 Å². The molecule has 3 aromatic rings. The highest BCUT2D eigenvalue weighted by Gasteiger charge is 2.13. The van der Waals surface area contributed by atoms with E-state index in [1.54, 1.807) is 0 Å². The first kappa shape index (κ1) is 14.6. The molecule has 1 N–H and O–H groups in total. The van der Waals surface area contributed by atoms with E-state index < -0.39 is 0 Å². The third-order valence-corrected chi connectivity index (χ3v) is 3.90. The Morgan fingerprint density at radius 1 is 0.682 bits per heavy atom. The van der Waals surface area contributed by atoms with Crippen molar-refractivity contribution in [2.45, 2.75) is 19.5 Å². The normalized spacial score (nSPS) is 12.0. The van der Waals surface area contributed by atoms with Crippen molar-refractivity contribution in [3.8, 4) is 0 Å². The van der Waals surface area contributed by atoms with Gasteiger partial charge in [0.2, 0.25) is 0 Å². The van der Waals surface area contributed by atoms with Crippen LogP contribution in [0.2, 0.25) is 0 Å². The minimum atomic E-state index is 0.210. The molecule has 3 rings (SSSR count). The van der Waals surface area contributed by atoms with Gasteiger partial charge in [0, 0.05) is 6.54 Å². The van der Waals surface area contributed by atoms with Gasteiger partial charge in [-0.15, -0.1) is 0 Å². The summed E-state index contributed by atoms with van der Waals surface area (Å²) in [5.74, 6) is 0. The van der Waals surface area contributed by atoms with E-state index in [0.717, 1.165) is 6.54 Å². The summed E-state index contributed by atoms with van der Waals surface area (Å²) in [6, 6.07) is 30.1. The Bertz CT molecular complexity index is 687. The monoisotopic (exact) mass is 287 g/mol. The van der Waals surface area contributed by atoms with Crippen molar-refractivity contribution in [1.29, 1.82) is 0 Å². The molecule has 0 fully saturated rings. The maximum atomic E-state index is 3.69. The van der Waals surface area contributed by atoms with Crippen LogP contribution in [-0.2, 0) is 6.54 Å². The van der Waals surface area contributed by atoms with Crippen molar-refractivity contribution in [3.05, 3.63) is 107 Å². The molecule has 1 atom stereocenters. The van der Waals surface area contributed by atoms with Crippen molar-refractivity contribution >= 4 is 0 Å². The molecule has 0 saturated carbocycles. The molecule has 0 aliphatic rings. The molecule has 0 aliphatic carbocycles. The summed E-state index contributed by atoms with van der Waals surface area (Å²) in [4.78, 5) is 0. The van der Waals surface area contributed by atoms with Crippen LogP contribution in [0.4, 0.5) is 0 Å². The van der Waals surface area contributed by atoms with Crippen molar-refractivity contribution in [1.82, 2.24) is 5.32 Å². The first-order valence-corrected chi connectivity index (χ1v) is 7.72. The zero-order chi connectivity index (χ0) is 15.2. The molecule has 0 radical (unpaired) electrons. The number of hydrogen-bond donors (Lipinski definition) is 1. The van der Waals surface area contributed by atoms with E-state index in [1.165, 1.54) is 22.3 Å². The molecule has 1 unspecified atom stereocenters. The topological polar surface area (TPSA) is 12.0 Å². The number of aryl methyl sites for hydroxylation is 1. The van der Waals surface area contributed by atoms with Crippen LogP contribution < -0.4 is 5.32 Å². The average molecular weight is 287 g/mol. The van der Waals surface area contributed by atoms with Gasteiger partial charge in [-0.25, -0.2) is 0 Å². The first-order valence-electron chi connectivity index (χ1n) is 7.72. The fourth-order valence-electron chi connectivity index (χ4n) is 2.65. The summed E-state index contributed by atoms with van der Waals surface area (Å²) in [5.41, 5.74) is 5.18. The van der Waals surface area contributed by atoms with Crippen LogP contribution in [0.1, 0.15) is 28.3 Å². The average Bonchev–Trinajstić information content (AvgIpc) is 2.58. The lowest BCUT2D eigenvalue weighted by molar-refractivity contribution is 0.605. The van der Waals surface area contributed by atoms with Gasteiger partial charge in [0.25, 0.3) is 0 Å². The van der Waals surface area contributed by atoms with Crippen LogP contribution in [0, 0.1) is 6.92 Å². The highest BCUT2D eigenvalue weighted by Crippen LogP contribution is 2.22. The predicted octanol–water partition coefficient (Wildman–Crippen LogP) is 4.87. The van der Waals surface area contributed by atoms with E-state index in [-0.39, 0.29) is 6.04 Å². The minimum Gasteiger partial charge on any atom is -0.302 e. The largest absolute Gasteiger partial charge is 0.302 e. The SMILES string of the molecule is Cc1ccc(C(NCc2ccccc2)c2ccccc2)cc1. The highest BCUT2D eigenvalue weighted by atomic mass is 14.9. The van der Waals surface area contributed by atoms with E-state index in [1.807, 2.05) is 0 Å². The summed E-state index contributed by atoms with van der Waals surface area (Å²) in [6.07, 6.45) is 0.